The summed E-state index contributed by atoms with van der Waals surface area (Å²) in [7, 11) is 0. The molecule has 0 radical (unpaired) electrons. The zero-order chi connectivity index (χ0) is 29.0. The van der Waals surface area contributed by atoms with Crippen molar-refractivity contribution in [2.24, 2.45) is 0 Å². The van der Waals surface area contributed by atoms with E-state index >= 15 is 0 Å². The van der Waals surface area contributed by atoms with Crippen molar-refractivity contribution in [1.29, 1.82) is 0 Å². The van der Waals surface area contributed by atoms with Crippen molar-refractivity contribution in [2.75, 3.05) is 0 Å². The maximum atomic E-state index is 4.57. The van der Waals surface area contributed by atoms with Crippen molar-refractivity contribution in [3.05, 3.63) is 181 Å². The fraction of sp³-hybridized carbons (Fsp3) is 0.0238. The molecule has 2 heteroatoms. The molecule has 9 rings (SSSR count). The third kappa shape index (κ3) is 3.78. The van der Waals surface area contributed by atoms with Crippen LogP contribution in [0.2, 0.25) is 0 Å². The Morgan fingerprint density at radius 2 is 1.18 bits per heavy atom. The van der Waals surface area contributed by atoms with E-state index in [4.69, 9.17) is 0 Å². The summed E-state index contributed by atoms with van der Waals surface area (Å²) in [6, 6.07) is 55.0. The molecule has 6 aromatic carbocycles. The van der Waals surface area contributed by atoms with Gasteiger partial charge in [-0.3, -0.25) is 4.98 Å². The third-order valence-corrected chi connectivity index (χ3v) is 9.19. The summed E-state index contributed by atoms with van der Waals surface area (Å²) >= 11 is 0. The van der Waals surface area contributed by atoms with Gasteiger partial charge in [0.05, 0.1) is 11.0 Å². The highest BCUT2D eigenvalue weighted by atomic mass is 15.0. The van der Waals surface area contributed by atoms with Crippen LogP contribution in [0.3, 0.4) is 0 Å². The SMILES string of the molecule is c1ccc(-c2ccc(-n3c4ccccc4c4cc(-c5cccc6c5-c5cnccc5C6c5ccccc5)ccc43)cc2)cc1. The Labute approximate surface area is 256 Å². The molecule has 44 heavy (non-hydrogen) atoms. The molecule has 0 amide bonds. The predicted molar refractivity (Wildman–Crippen MR) is 182 cm³/mol. The maximum Gasteiger partial charge on any atom is 0.0541 e. The molecule has 206 valence electrons. The van der Waals surface area contributed by atoms with Gasteiger partial charge in [0, 0.05) is 40.3 Å². The number of rotatable bonds is 4. The lowest BCUT2D eigenvalue weighted by Crippen LogP contribution is -1.98. The van der Waals surface area contributed by atoms with Crippen LogP contribution in [-0.2, 0) is 0 Å². The third-order valence-electron chi connectivity index (χ3n) is 9.19. The van der Waals surface area contributed by atoms with Crippen LogP contribution in [0.15, 0.2) is 164 Å². The zero-order valence-electron chi connectivity index (χ0n) is 24.1. The Balaban J connectivity index is 1.22. The van der Waals surface area contributed by atoms with Crippen LogP contribution >= 0.6 is 0 Å². The first kappa shape index (κ1) is 24.8. The summed E-state index contributed by atoms with van der Waals surface area (Å²) in [6.07, 6.45) is 3.97. The van der Waals surface area contributed by atoms with E-state index in [-0.39, 0.29) is 5.92 Å². The molecule has 0 saturated heterocycles. The van der Waals surface area contributed by atoms with E-state index in [0.717, 1.165) is 5.69 Å². The molecule has 0 aliphatic heterocycles. The number of benzene rings is 6. The smallest absolute Gasteiger partial charge is 0.0541 e. The van der Waals surface area contributed by atoms with E-state index < -0.39 is 0 Å². The Morgan fingerprint density at radius 3 is 2.02 bits per heavy atom. The number of aromatic nitrogens is 2. The topological polar surface area (TPSA) is 17.8 Å². The molecule has 0 N–H and O–H groups in total. The van der Waals surface area contributed by atoms with Crippen molar-refractivity contribution in [3.8, 4) is 39.1 Å². The van der Waals surface area contributed by atoms with E-state index in [0.29, 0.717) is 0 Å². The zero-order valence-corrected chi connectivity index (χ0v) is 24.1. The molecule has 0 fully saturated rings. The molecule has 2 heterocycles. The Hall–Kier alpha value is -5.73. The van der Waals surface area contributed by atoms with Crippen molar-refractivity contribution >= 4 is 21.8 Å². The maximum absolute atomic E-state index is 4.57. The number of pyridine rings is 1. The van der Waals surface area contributed by atoms with Crippen molar-refractivity contribution in [2.45, 2.75) is 5.92 Å². The molecule has 1 aliphatic carbocycles. The summed E-state index contributed by atoms with van der Waals surface area (Å²) in [5.74, 6) is 0.202. The summed E-state index contributed by atoms with van der Waals surface area (Å²) in [6.45, 7) is 0. The highest BCUT2D eigenvalue weighted by Crippen LogP contribution is 2.51. The van der Waals surface area contributed by atoms with E-state index in [1.165, 1.54) is 71.9 Å². The first-order chi connectivity index (χ1) is 21.8. The number of hydrogen-bond acceptors (Lipinski definition) is 1. The predicted octanol–water partition coefficient (Wildman–Crippen LogP) is 10.7. The Kier molecular flexibility index (Phi) is 5.60. The Morgan fingerprint density at radius 1 is 0.477 bits per heavy atom. The number of para-hydroxylation sites is 1. The summed E-state index contributed by atoms with van der Waals surface area (Å²) in [5, 5.41) is 2.51. The minimum atomic E-state index is 0.202. The minimum Gasteiger partial charge on any atom is -0.309 e. The molecule has 0 saturated carbocycles. The van der Waals surface area contributed by atoms with Gasteiger partial charge in [0.15, 0.2) is 0 Å². The molecule has 1 unspecified atom stereocenters. The van der Waals surface area contributed by atoms with Gasteiger partial charge in [-0.15, -0.1) is 0 Å². The monoisotopic (exact) mass is 560 g/mol. The quantitative estimate of drug-likeness (QED) is 0.209. The number of nitrogens with zero attached hydrogens (tertiary/aromatic N) is 2. The lowest BCUT2D eigenvalue weighted by atomic mass is 9.88. The van der Waals surface area contributed by atoms with Crippen molar-refractivity contribution < 1.29 is 0 Å². The van der Waals surface area contributed by atoms with Gasteiger partial charge in [0.25, 0.3) is 0 Å². The van der Waals surface area contributed by atoms with Gasteiger partial charge in [0.2, 0.25) is 0 Å². The second-order valence-electron chi connectivity index (χ2n) is 11.6. The highest BCUT2D eigenvalue weighted by molar-refractivity contribution is 6.11. The normalized spacial score (nSPS) is 13.7. The molecule has 0 spiro atoms. The van der Waals surface area contributed by atoms with Crippen LogP contribution in [0.1, 0.15) is 22.6 Å². The van der Waals surface area contributed by atoms with E-state index in [9.17, 15) is 0 Å². The highest BCUT2D eigenvalue weighted by Gasteiger charge is 2.32. The molecule has 2 aromatic heterocycles. The average molecular weight is 561 g/mol. The molecule has 8 aromatic rings. The van der Waals surface area contributed by atoms with E-state index in [1.807, 2.05) is 12.4 Å². The minimum absolute atomic E-state index is 0.202. The van der Waals surface area contributed by atoms with E-state index in [1.54, 1.807) is 0 Å². The summed E-state index contributed by atoms with van der Waals surface area (Å²) in [5.41, 5.74) is 15.0. The van der Waals surface area contributed by atoms with Gasteiger partial charge in [-0.2, -0.15) is 0 Å². The van der Waals surface area contributed by atoms with Crippen LogP contribution in [0.4, 0.5) is 0 Å². The van der Waals surface area contributed by atoms with Gasteiger partial charge in [0.1, 0.15) is 0 Å². The van der Waals surface area contributed by atoms with Crippen molar-refractivity contribution in [3.63, 3.8) is 0 Å². The lowest BCUT2D eigenvalue weighted by molar-refractivity contribution is 1.01. The summed E-state index contributed by atoms with van der Waals surface area (Å²) in [4.78, 5) is 4.57. The summed E-state index contributed by atoms with van der Waals surface area (Å²) < 4.78 is 2.39. The largest absolute Gasteiger partial charge is 0.309 e. The Bertz CT molecular complexity index is 2310. The standard InChI is InChI=1S/C42H28N2/c1-3-10-28(11-4-1)29-18-21-32(22-19-29)44-39-17-8-7-14-34(39)37-26-31(20-23-40(37)44)33-15-9-16-36-41(30-12-5-2-6-13-30)35-24-25-43-27-38(35)42(33)36/h1-27,41H. The fourth-order valence-electron chi connectivity index (χ4n) is 7.24. The van der Waals surface area contributed by atoms with E-state index in [2.05, 4.69) is 161 Å². The number of hydrogen-bond donors (Lipinski definition) is 0. The molecule has 2 nitrogen and oxygen atoms in total. The molecular formula is C42H28N2. The average Bonchev–Trinajstić information content (AvgIpc) is 3.62. The van der Waals surface area contributed by atoms with Crippen molar-refractivity contribution in [1.82, 2.24) is 9.55 Å². The van der Waals surface area contributed by atoms with Gasteiger partial charge < -0.3 is 4.57 Å². The van der Waals surface area contributed by atoms with Crippen LogP contribution in [0, 0.1) is 0 Å². The second kappa shape index (κ2) is 9.93. The van der Waals surface area contributed by atoms with Gasteiger partial charge in [-0.05, 0) is 80.9 Å². The van der Waals surface area contributed by atoms with Crippen LogP contribution in [0.5, 0.6) is 0 Å². The van der Waals surface area contributed by atoms with Crippen LogP contribution < -0.4 is 0 Å². The number of fused-ring (bicyclic) bond motifs is 6. The second-order valence-corrected chi connectivity index (χ2v) is 11.6. The fourth-order valence-corrected chi connectivity index (χ4v) is 7.24. The van der Waals surface area contributed by atoms with Crippen LogP contribution in [-0.4, -0.2) is 9.55 Å². The molecule has 0 bridgehead atoms. The molecule has 1 aliphatic rings. The van der Waals surface area contributed by atoms with Gasteiger partial charge in [-0.25, -0.2) is 0 Å². The molecule has 1 atom stereocenters. The van der Waals surface area contributed by atoms with Crippen LogP contribution in [0.25, 0.3) is 60.9 Å². The first-order valence-electron chi connectivity index (χ1n) is 15.2. The van der Waals surface area contributed by atoms with Gasteiger partial charge >= 0.3 is 0 Å². The van der Waals surface area contributed by atoms with Gasteiger partial charge in [-0.1, -0.05) is 115 Å². The lowest BCUT2D eigenvalue weighted by Gasteiger charge is -2.15. The first-order valence-corrected chi connectivity index (χ1v) is 15.2. The molecular weight excluding hydrogens is 532 g/mol.